The molecule has 0 radical (unpaired) electrons. The second-order valence-corrected chi connectivity index (χ2v) is 5.68. The first-order valence-electron chi connectivity index (χ1n) is 4.72. The number of imidazole rings is 1. The van der Waals surface area contributed by atoms with Crippen LogP contribution in [-0.2, 0) is 17.1 Å². The summed E-state index contributed by atoms with van der Waals surface area (Å²) in [6.07, 6.45) is 2.86. The molecule has 0 amide bonds. The maximum atomic E-state index is 11.9. The van der Waals surface area contributed by atoms with Gasteiger partial charge >= 0.3 is 0 Å². The van der Waals surface area contributed by atoms with Crippen molar-refractivity contribution in [2.45, 2.75) is 11.9 Å². The van der Waals surface area contributed by atoms with E-state index in [0.717, 1.165) is 4.31 Å². The van der Waals surface area contributed by atoms with Crippen molar-refractivity contribution in [2.24, 2.45) is 13.0 Å². The Balaban J connectivity index is 2.91. The molecule has 1 atom stereocenters. The van der Waals surface area contributed by atoms with E-state index < -0.39 is 10.0 Å². The molecule has 1 rings (SSSR count). The van der Waals surface area contributed by atoms with E-state index in [4.69, 9.17) is 5.26 Å². The van der Waals surface area contributed by atoms with E-state index in [-0.39, 0.29) is 17.5 Å². The van der Waals surface area contributed by atoms with Gasteiger partial charge in [-0.3, -0.25) is 0 Å². The summed E-state index contributed by atoms with van der Waals surface area (Å²) in [4.78, 5) is 3.79. The lowest BCUT2D eigenvalue weighted by atomic mass is 10.2. The van der Waals surface area contributed by atoms with Crippen molar-refractivity contribution in [3.05, 3.63) is 12.5 Å². The Morgan fingerprint density at radius 2 is 2.31 bits per heavy atom. The van der Waals surface area contributed by atoms with Gasteiger partial charge in [0.05, 0.1) is 18.3 Å². The SMILES string of the molecule is CC(C#N)CN(C)S(=O)(=O)c1cn(C)cn1. The molecule has 88 valence electrons. The van der Waals surface area contributed by atoms with Crippen LogP contribution < -0.4 is 0 Å². The van der Waals surface area contributed by atoms with Gasteiger partial charge in [-0.15, -0.1) is 0 Å². The van der Waals surface area contributed by atoms with Crippen LogP contribution in [0.1, 0.15) is 6.92 Å². The van der Waals surface area contributed by atoms with Crippen LogP contribution in [0.15, 0.2) is 17.6 Å². The van der Waals surface area contributed by atoms with Gasteiger partial charge in [0.1, 0.15) is 0 Å². The van der Waals surface area contributed by atoms with Crippen LogP contribution in [0.4, 0.5) is 0 Å². The molecule has 1 aromatic rings. The molecule has 0 N–H and O–H groups in total. The molecule has 0 aliphatic carbocycles. The van der Waals surface area contributed by atoms with E-state index in [1.54, 1.807) is 18.5 Å². The Bertz CT molecular complexity index is 500. The minimum atomic E-state index is -3.57. The first-order chi connectivity index (χ1) is 7.37. The summed E-state index contributed by atoms with van der Waals surface area (Å²) in [5.74, 6) is -0.344. The van der Waals surface area contributed by atoms with Gasteiger partial charge in [0, 0.05) is 26.8 Å². The van der Waals surface area contributed by atoms with Crippen LogP contribution in [0, 0.1) is 17.2 Å². The predicted octanol–water partition coefficient (Wildman–Crippen LogP) is 0.200. The van der Waals surface area contributed by atoms with Crippen LogP contribution in [0.25, 0.3) is 0 Å². The van der Waals surface area contributed by atoms with Crippen LogP contribution in [0.5, 0.6) is 0 Å². The molecular weight excluding hydrogens is 228 g/mol. The molecule has 0 aliphatic heterocycles. The number of nitriles is 1. The largest absolute Gasteiger partial charge is 0.339 e. The minimum absolute atomic E-state index is 0.00244. The van der Waals surface area contributed by atoms with Crippen LogP contribution in [-0.4, -0.2) is 35.9 Å². The lowest BCUT2D eigenvalue weighted by Crippen LogP contribution is -2.31. The Morgan fingerprint density at radius 1 is 1.69 bits per heavy atom. The molecule has 0 saturated carbocycles. The van der Waals surface area contributed by atoms with Crippen molar-refractivity contribution in [1.82, 2.24) is 13.9 Å². The highest BCUT2D eigenvalue weighted by Gasteiger charge is 2.24. The third-order valence-corrected chi connectivity index (χ3v) is 3.82. The number of rotatable bonds is 4. The summed E-state index contributed by atoms with van der Waals surface area (Å²) >= 11 is 0. The Labute approximate surface area is 95.2 Å². The second kappa shape index (κ2) is 4.63. The quantitative estimate of drug-likeness (QED) is 0.755. The number of hydrogen-bond acceptors (Lipinski definition) is 4. The Hall–Kier alpha value is -1.39. The van der Waals surface area contributed by atoms with E-state index in [1.807, 2.05) is 6.07 Å². The summed E-state index contributed by atoms with van der Waals surface area (Å²) in [6, 6.07) is 1.99. The standard InChI is InChI=1S/C9H14N4O2S/c1-8(4-10)5-13(3)16(14,15)9-6-12(2)7-11-9/h6-8H,5H2,1-3H3. The number of hydrogen-bond donors (Lipinski definition) is 0. The van der Waals surface area contributed by atoms with Gasteiger partial charge < -0.3 is 4.57 Å². The average Bonchev–Trinajstić information content (AvgIpc) is 2.65. The third-order valence-electron chi connectivity index (χ3n) is 2.11. The minimum Gasteiger partial charge on any atom is -0.339 e. The average molecular weight is 242 g/mol. The molecule has 1 heterocycles. The van der Waals surface area contributed by atoms with Crippen molar-refractivity contribution in [3.8, 4) is 6.07 Å². The fraction of sp³-hybridized carbons (Fsp3) is 0.556. The topological polar surface area (TPSA) is 79.0 Å². The Morgan fingerprint density at radius 3 is 2.75 bits per heavy atom. The molecular formula is C9H14N4O2S. The summed E-state index contributed by atoms with van der Waals surface area (Å²) in [5, 5.41) is 8.64. The molecule has 0 spiro atoms. The molecule has 0 saturated heterocycles. The van der Waals surface area contributed by atoms with Gasteiger partial charge in [-0.1, -0.05) is 0 Å². The zero-order chi connectivity index (χ0) is 12.3. The highest BCUT2D eigenvalue weighted by atomic mass is 32.2. The molecule has 1 aromatic heterocycles. The number of nitrogens with zero attached hydrogens (tertiary/aromatic N) is 4. The number of aryl methyl sites for hydroxylation is 1. The summed E-state index contributed by atoms with van der Waals surface area (Å²) < 4.78 is 26.6. The van der Waals surface area contributed by atoms with Crippen molar-refractivity contribution >= 4 is 10.0 Å². The maximum Gasteiger partial charge on any atom is 0.261 e. The Kier molecular flexibility index (Phi) is 3.67. The van der Waals surface area contributed by atoms with Crippen molar-refractivity contribution in [3.63, 3.8) is 0 Å². The molecule has 1 unspecified atom stereocenters. The van der Waals surface area contributed by atoms with E-state index >= 15 is 0 Å². The molecule has 0 bridgehead atoms. The van der Waals surface area contributed by atoms with Gasteiger partial charge in [0.15, 0.2) is 5.03 Å². The summed E-state index contributed by atoms with van der Waals surface area (Å²) in [7, 11) is -0.432. The zero-order valence-electron chi connectivity index (χ0n) is 9.45. The molecule has 6 nitrogen and oxygen atoms in total. The van der Waals surface area contributed by atoms with Gasteiger partial charge in [-0.25, -0.2) is 13.4 Å². The van der Waals surface area contributed by atoms with Gasteiger partial charge in [-0.2, -0.15) is 9.57 Å². The second-order valence-electron chi connectivity index (χ2n) is 3.69. The van der Waals surface area contributed by atoms with E-state index in [2.05, 4.69) is 4.98 Å². The van der Waals surface area contributed by atoms with Gasteiger partial charge in [0.25, 0.3) is 10.0 Å². The normalized spacial score (nSPS) is 13.7. The first kappa shape index (κ1) is 12.7. The number of aromatic nitrogens is 2. The lowest BCUT2D eigenvalue weighted by Gasteiger charge is -2.16. The highest BCUT2D eigenvalue weighted by molar-refractivity contribution is 7.89. The monoisotopic (exact) mass is 242 g/mol. The maximum absolute atomic E-state index is 11.9. The first-order valence-corrected chi connectivity index (χ1v) is 6.16. The van der Waals surface area contributed by atoms with Crippen LogP contribution in [0.3, 0.4) is 0 Å². The lowest BCUT2D eigenvalue weighted by molar-refractivity contribution is 0.437. The van der Waals surface area contributed by atoms with Crippen molar-refractivity contribution in [2.75, 3.05) is 13.6 Å². The highest BCUT2D eigenvalue weighted by Crippen LogP contribution is 2.12. The van der Waals surface area contributed by atoms with E-state index in [0.29, 0.717) is 0 Å². The molecule has 0 aromatic carbocycles. The molecule has 7 heteroatoms. The van der Waals surface area contributed by atoms with Gasteiger partial charge in [-0.05, 0) is 6.92 Å². The predicted molar refractivity (Wildman–Crippen MR) is 57.8 cm³/mol. The fourth-order valence-corrected chi connectivity index (χ4v) is 2.43. The van der Waals surface area contributed by atoms with Crippen molar-refractivity contribution < 1.29 is 8.42 Å². The fourth-order valence-electron chi connectivity index (χ4n) is 1.21. The molecule has 0 fully saturated rings. The van der Waals surface area contributed by atoms with Crippen molar-refractivity contribution in [1.29, 1.82) is 5.26 Å². The summed E-state index contributed by atoms with van der Waals surface area (Å²) in [6.45, 7) is 1.83. The van der Waals surface area contributed by atoms with E-state index in [1.165, 1.54) is 19.6 Å². The smallest absolute Gasteiger partial charge is 0.261 e. The zero-order valence-corrected chi connectivity index (χ0v) is 10.3. The third kappa shape index (κ3) is 2.59. The summed E-state index contributed by atoms with van der Waals surface area (Å²) in [5.41, 5.74) is 0. The molecule has 16 heavy (non-hydrogen) atoms. The van der Waals surface area contributed by atoms with E-state index in [9.17, 15) is 8.42 Å². The van der Waals surface area contributed by atoms with Crippen LogP contribution in [0.2, 0.25) is 0 Å². The number of sulfonamides is 1. The molecule has 0 aliphatic rings. The van der Waals surface area contributed by atoms with Gasteiger partial charge in [0.2, 0.25) is 0 Å². The van der Waals surface area contributed by atoms with Crippen LogP contribution >= 0.6 is 0 Å².